The number of benzene rings is 1. The monoisotopic (exact) mass is 430 g/mol. The van der Waals surface area contributed by atoms with Gasteiger partial charge < -0.3 is 20.2 Å². The highest BCUT2D eigenvalue weighted by Gasteiger charge is 2.25. The largest absolute Gasteiger partial charge is 0.465 e. The molecular weight excluding hydrogens is 404 g/mol. The summed E-state index contributed by atoms with van der Waals surface area (Å²) < 4.78 is 4.65. The van der Waals surface area contributed by atoms with E-state index in [-0.39, 0.29) is 5.92 Å². The van der Waals surface area contributed by atoms with E-state index >= 15 is 0 Å². The summed E-state index contributed by atoms with van der Waals surface area (Å²) in [4.78, 5) is 49.1. The van der Waals surface area contributed by atoms with E-state index in [4.69, 9.17) is 0 Å². The van der Waals surface area contributed by atoms with Gasteiger partial charge in [0.25, 0.3) is 5.91 Å². The lowest BCUT2D eigenvalue weighted by Crippen LogP contribution is -2.51. The standard InChI is InChI=1S/C22H26N2O5S/c1-14(2)11-17(24-21(27)18-9-10-19(30-18)22(28)29-3)20(26)23-16(13-25)12-15-7-5-4-6-8-15/h4-10,13-14,16-17H,11-12H2,1-3H3,(H,23,26)(H,24,27)/t16?,17-/m0/s1. The van der Waals surface area contributed by atoms with Gasteiger partial charge in [-0.25, -0.2) is 4.79 Å². The lowest BCUT2D eigenvalue weighted by atomic mass is 10.0. The maximum Gasteiger partial charge on any atom is 0.348 e. The molecule has 1 heterocycles. The van der Waals surface area contributed by atoms with E-state index < -0.39 is 29.9 Å². The number of nitrogens with one attached hydrogen (secondary N) is 2. The molecule has 0 aliphatic heterocycles. The molecule has 2 amide bonds. The summed E-state index contributed by atoms with van der Waals surface area (Å²) in [5, 5.41) is 5.44. The van der Waals surface area contributed by atoms with Crippen LogP contribution in [0, 0.1) is 5.92 Å². The molecule has 2 N–H and O–H groups in total. The predicted octanol–water partition coefficient (Wildman–Crippen LogP) is 2.61. The minimum Gasteiger partial charge on any atom is -0.465 e. The van der Waals surface area contributed by atoms with E-state index in [1.165, 1.54) is 19.2 Å². The van der Waals surface area contributed by atoms with Crippen LogP contribution in [-0.4, -0.2) is 43.3 Å². The number of ether oxygens (including phenoxy) is 1. The number of carbonyl (C=O) groups excluding carboxylic acids is 4. The number of hydrogen-bond donors (Lipinski definition) is 2. The molecule has 1 unspecified atom stereocenters. The molecule has 0 aliphatic carbocycles. The summed E-state index contributed by atoms with van der Waals surface area (Å²) in [6.45, 7) is 3.88. The predicted molar refractivity (Wildman–Crippen MR) is 115 cm³/mol. The second-order valence-electron chi connectivity index (χ2n) is 7.25. The first kappa shape index (κ1) is 23.3. The van der Waals surface area contributed by atoms with Crippen molar-refractivity contribution in [2.24, 2.45) is 5.92 Å². The van der Waals surface area contributed by atoms with Gasteiger partial charge in [0.05, 0.1) is 18.0 Å². The third kappa shape index (κ3) is 6.81. The highest BCUT2D eigenvalue weighted by molar-refractivity contribution is 7.15. The van der Waals surface area contributed by atoms with Crippen molar-refractivity contribution in [3.8, 4) is 0 Å². The zero-order chi connectivity index (χ0) is 22.1. The lowest BCUT2D eigenvalue weighted by Gasteiger charge is -2.22. The molecule has 2 atom stereocenters. The molecule has 1 aromatic carbocycles. The Morgan fingerprint density at radius 2 is 1.70 bits per heavy atom. The maximum atomic E-state index is 12.8. The van der Waals surface area contributed by atoms with Gasteiger partial charge in [-0.2, -0.15) is 0 Å². The van der Waals surface area contributed by atoms with Crippen molar-refractivity contribution in [2.75, 3.05) is 7.11 Å². The summed E-state index contributed by atoms with van der Waals surface area (Å²) >= 11 is 0.992. The van der Waals surface area contributed by atoms with Crippen molar-refractivity contribution in [3.05, 3.63) is 57.8 Å². The van der Waals surface area contributed by atoms with Crippen molar-refractivity contribution in [2.45, 2.75) is 38.8 Å². The Bertz CT molecular complexity index is 879. The van der Waals surface area contributed by atoms with Gasteiger partial charge in [-0.15, -0.1) is 11.3 Å². The van der Waals surface area contributed by atoms with Gasteiger partial charge >= 0.3 is 5.97 Å². The van der Waals surface area contributed by atoms with Crippen LogP contribution >= 0.6 is 11.3 Å². The molecule has 30 heavy (non-hydrogen) atoms. The zero-order valence-corrected chi connectivity index (χ0v) is 18.0. The van der Waals surface area contributed by atoms with Gasteiger partial charge in [0.2, 0.25) is 5.91 Å². The van der Waals surface area contributed by atoms with E-state index in [0.29, 0.717) is 28.9 Å². The number of methoxy groups -OCH3 is 1. The fourth-order valence-corrected chi connectivity index (χ4v) is 3.71. The Morgan fingerprint density at radius 1 is 1.03 bits per heavy atom. The average molecular weight is 431 g/mol. The Hall–Kier alpha value is -3.00. The number of rotatable bonds is 10. The van der Waals surface area contributed by atoms with Crippen LogP contribution in [0.3, 0.4) is 0 Å². The summed E-state index contributed by atoms with van der Waals surface area (Å²) in [5.41, 5.74) is 0.924. The number of esters is 1. The topological polar surface area (TPSA) is 102 Å². The van der Waals surface area contributed by atoms with Crippen molar-refractivity contribution in [1.29, 1.82) is 0 Å². The molecular formula is C22H26N2O5S. The van der Waals surface area contributed by atoms with Gasteiger partial charge in [-0.3, -0.25) is 9.59 Å². The van der Waals surface area contributed by atoms with Crippen molar-refractivity contribution in [1.82, 2.24) is 10.6 Å². The average Bonchev–Trinajstić information content (AvgIpc) is 3.23. The maximum absolute atomic E-state index is 12.8. The number of aldehydes is 1. The molecule has 8 heteroatoms. The number of hydrogen-bond acceptors (Lipinski definition) is 6. The van der Waals surface area contributed by atoms with Crippen LogP contribution in [0.1, 0.15) is 45.2 Å². The van der Waals surface area contributed by atoms with E-state index in [1.807, 2.05) is 44.2 Å². The van der Waals surface area contributed by atoms with E-state index in [0.717, 1.165) is 16.9 Å². The first-order chi connectivity index (χ1) is 14.3. The quantitative estimate of drug-likeness (QED) is 0.446. The summed E-state index contributed by atoms with van der Waals surface area (Å²) in [7, 11) is 1.27. The van der Waals surface area contributed by atoms with Crippen molar-refractivity contribution < 1.29 is 23.9 Å². The second-order valence-corrected chi connectivity index (χ2v) is 8.34. The molecule has 0 fully saturated rings. The fraction of sp³-hybridized carbons (Fsp3) is 0.364. The fourth-order valence-electron chi connectivity index (χ4n) is 2.89. The molecule has 0 saturated heterocycles. The van der Waals surface area contributed by atoms with Crippen LogP contribution in [0.4, 0.5) is 0 Å². The molecule has 7 nitrogen and oxygen atoms in total. The van der Waals surface area contributed by atoms with Crippen LogP contribution in [0.5, 0.6) is 0 Å². The molecule has 0 saturated carbocycles. The molecule has 2 rings (SSSR count). The third-order valence-corrected chi connectivity index (χ3v) is 5.40. The number of carbonyl (C=O) groups is 4. The molecule has 1 aromatic heterocycles. The highest BCUT2D eigenvalue weighted by atomic mass is 32.1. The number of amides is 2. The summed E-state index contributed by atoms with van der Waals surface area (Å²) in [5.74, 6) is -1.26. The second kappa shape index (κ2) is 11.3. The summed E-state index contributed by atoms with van der Waals surface area (Å²) in [6, 6.07) is 10.9. The first-order valence-corrected chi connectivity index (χ1v) is 10.4. The smallest absolute Gasteiger partial charge is 0.348 e. The SMILES string of the molecule is COC(=O)c1ccc(C(=O)N[C@@H](CC(C)C)C(=O)NC(C=O)Cc2ccccc2)s1. The first-order valence-electron chi connectivity index (χ1n) is 9.62. The molecule has 2 aromatic rings. The minimum absolute atomic E-state index is 0.138. The number of thiophene rings is 1. The molecule has 160 valence electrons. The third-order valence-electron chi connectivity index (χ3n) is 4.34. The Balaban J connectivity index is 2.06. The Morgan fingerprint density at radius 3 is 2.30 bits per heavy atom. The van der Waals surface area contributed by atoms with Crippen LogP contribution in [0.2, 0.25) is 0 Å². The molecule has 0 radical (unpaired) electrons. The normalized spacial score (nSPS) is 12.7. The van der Waals surface area contributed by atoms with Gasteiger partial charge in [-0.1, -0.05) is 44.2 Å². The van der Waals surface area contributed by atoms with E-state index in [1.54, 1.807) is 0 Å². The van der Waals surface area contributed by atoms with Crippen molar-refractivity contribution >= 4 is 35.4 Å². The lowest BCUT2D eigenvalue weighted by molar-refractivity contribution is -0.126. The molecule has 0 bridgehead atoms. The Kier molecular flexibility index (Phi) is 8.73. The van der Waals surface area contributed by atoms with E-state index in [2.05, 4.69) is 15.4 Å². The minimum atomic E-state index is -0.806. The Labute approximate surface area is 179 Å². The van der Waals surface area contributed by atoms with Gasteiger partial charge in [0.15, 0.2) is 0 Å². The highest BCUT2D eigenvalue weighted by Crippen LogP contribution is 2.18. The van der Waals surface area contributed by atoms with Crippen LogP contribution in [0.15, 0.2) is 42.5 Å². The van der Waals surface area contributed by atoms with Crippen LogP contribution < -0.4 is 10.6 Å². The van der Waals surface area contributed by atoms with Crippen molar-refractivity contribution in [3.63, 3.8) is 0 Å². The summed E-state index contributed by atoms with van der Waals surface area (Å²) in [6.07, 6.45) is 1.47. The van der Waals surface area contributed by atoms with E-state index in [9.17, 15) is 19.2 Å². The zero-order valence-electron chi connectivity index (χ0n) is 17.2. The molecule has 0 aliphatic rings. The van der Waals surface area contributed by atoms with Gasteiger partial charge in [0.1, 0.15) is 17.2 Å². The van der Waals surface area contributed by atoms with Crippen LogP contribution in [-0.2, 0) is 20.7 Å². The van der Waals surface area contributed by atoms with Gasteiger partial charge in [-0.05, 0) is 36.5 Å². The van der Waals surface area contributed by atoms with Gasteiger partial charge in [0, 0.05) is 0 Å². The van der Waals surface area contributed by atoms with Crippen LogP contribution in [0.25, 0.3) is 0 Å². The molecule has 0 spiro atoms.